The van der Waals surface area contributed by atoms with E-state index in [0.29, 0.717) is 0 Å². The lowest BCUT2D eigenvalue weighted by Gasteiger charge is -2.71. The number of hydrogen-bond acceptors (Lipinski definition) is 3. The summed E-state index contributed by atoms with van der Waals surface area (Å²) in [5.74, 6) is 4.41. The van der Waals surface area contributed by atoms with E-state index in [2.05, 4.69) is 121 Å². The summed E-state index contributed by atoms with van der Waals surface area (Å²) in [4.78, 5) is 0. The zero-order chi connectivity index (χ0) is 31.2. The Morgan fingerprint density at radius 2 is 0.977 bits per heavy atom. The predicted octanol–water partition coefficient (Wildman–Crippen LogP) is 10.7. The number of rotatable bonds is 8. The van der Waals surface area contributed by atoms with Gasteiger partial charge in [0.05, 0.1) is 20.4 Å². The molecule has 0 unspecified atom stereocenters. The number of hydrogen-bond donors (Lipinski definition) is 0. The molecule has 0 saturated heterocycles. The van der Waals surface area contributed by atoms with Crippen molar-refractivity contribution in [2.45, 2.75) is 116 Å². The zero-order valence-corrected chi connectivity index (χ0v) is 32.8. The van der Waals surface area contributed by atoms with E-state index in [-0.39, 0.29) is 9.70 Å². The first-order valence-corrected chi connectivity index (χ1v) is 29.0. The van der Waals surface area contributed by atoms with Crippen molar-refractivity contribution in [3.63, 3.8) is 0 Å². The van der Waals surface area contributed by atoms with Crippen LogP contribution in [-0.4, -0.2) is 33.3 Å². The molecule has 4 bridgehead atoms. The largest absolute Gasteiger partial charge is 0.623 e. The molecule has 0 N–H and O–H groups in total. The van der Waals surface area contributed by atoms with Gasteiger partial charge in [-0.3, -0.25) is 0 Å². The highest BCUT2D eigenvalue weighted by Gasteiger charge is 2.84. The fourth-order valence-electron chi connectivity index (χ4n) is 11.4. The molecule has 4 aliphatic carbocycles. The highest BCUT2D eigenvalue weighted by molar-refractivity contribution is 7.13. The molecule has 0 spiro atoms. The molecule has 0 aromatic heterocycles. The van der Waals surface area contributed by atoms with Gasteiger partial charge in [0.2, 0.25) is 0 Å². The molecule has 234 valence electrons. The SMILES string of the molecule is Cc1ccc(C2=C(c3ccc(C)cc3)O[Si](O[Si](C)(C)C)(C(C34CC5CC(CC(C5)C3)C4)([Si](C)(C)C)[Si](C)(C)C)O2)cc1. The summed E-state index contributed by atoms with van der Waals surface area (Å²) in [6.45, 7) is 27.4. The summed E-state index contributed by atoms with van der Waals surface area (Å²) in [6.07, 6.45) is 8.38. The predicted molar refractivity (Wildman–Crippen MR) is 192 cm³/mol. The number of aryl methyl sites for hydroxylation is 2. The van der Waals surface area contributed by atoms with Gasteiger partial charge in [0.15, 0.2) is 19.8 Å². The van der Waals surface area contributed by atoms with Crippen molar-refractivity contribution in [2.75, 3.05) is 0 Å². The van der Waals surface area contributed by atoms with Crippen LogP contribution in [0.25, 0.3) is 11.5 Å². The molecule has 4 saturated carbocycles. The van der Waals surface area contributed by atoms with Crippen LogP contribution in [0, 0.1) is 37.0 Å². The molecule has 0 atom stereocenters. The van der Waals surface area contributed by atoms with Crippen molar-refractivity contribution in [2.24, 2.45) is 23.2 Å². The molecule has 2 aromatic carbocycles. The first-order valence-electron chi connectivity index (χ1n) is 16.9. The lowest BCUT2D eigenvalue weighted by atomic mass is 9.50. The lowest BCUT2D eigenvalue weighted by Crippen LogP contribution is -2.79. The lowest BCUT2D eigenvalue weighted by molar-refractivity contribution is -0.0645. The second-order valence-corrected chi connectivity index (χ2v) is 37.1. The smallest absolute Gasteiger partial charge is 0.488 e. The Balaban J connectivity index is 1.65. The van der Waals surface area contributed by atoms with Crippen LogP contribution in [-0.2, 0) is 13.0 Å². The Bertz CT molecular complexity index is 1280. The van der Waals surface area contributed by atoms with Gasteiger partial charge in [-0.2, -0.15) is 0 Å². The van der Waals surface area contributed by atoms with Gasteiger partial charge in [-0.05, 0) is 95.2 Å². The average Bonchev–Trinajstić information content (AvgIpc) is 3.20. The van der Waals surface area contributed by atoms with Gasteiger partial charge >= 0.3 is 8.80 Å². The fraction of sp³-hybridized carbons (Fsp3) is 0.611. The van der Waals surface area contributed by atoms with Crippen molar-refractivity contribution in [3.05, 3.63) is 70.8 Å². The van der Waals surface area contributed by atoms with Gasteiger partial charge in [-0.15, -0.1) is 0 Å². The summed E-state index contributed by atoms with van der Waals surface area (Å²) in [6, 6.07) is 17.8. The maximum absolute atomic E-state index is 7.83. The third-order valence-corrected chi connectivity index (χ3v) is 33.6. The normalized spacial score (nSPS) is 28.7. The van der Waals surface area contributed by atoms with E-state index >= 15 is 0 Å². The maximum Gasteiger partial charge on any atom is 0.623 e. The van der Waals surface area contributed by atoms with Crippen LogP contribution in [0.2, 0.25) is 63.2 Å². The molecule has 4 fully saturated rings. The van der Waals surface area contributed by atoms with Crippen LogP contribution >= 0.6 is 0 Å². The van der Waals surface area contributed by atoms with E-state index in [0.717, 1.165) is 40.4 Å². The summed E-state index contributed by atoms with van der Waals surface area (Å²) >= 11 is 0. The van der Waals surface area contributed by atoms with Gasteiger partial charge in [0.1, 0.15) is 0 Å². The van der Waals surface area contributed by atoms with Crippen molar-refractivity contribution in [1.82, 2.24) is 0 Å². The van der Waals surface area contributed by atoms with Crippen molar-refractivity contribution in [3.8, 4) is 0 Å². The highest BCUT2D eigenvalue weighted by Crippen LogP contribution is 2.77. The first-order chi connectivity index (χ1) is 19.9. The Labute approximate surface area is 266 Å². The summed E-state index contributed by atoms with van der Waals surface area (Å²) in [7, 11) is -9.60. The standard InChI is InChI=1S/C36H56O3Si4/c1-26-12-16-31(17-13-26)33-34(32-18-14-27(2)15-19-32)38-43(37-33,39-42(9,10)11)36(40(3,4)5,41(6,7)8)35-23-28-20-29(24-35)22-30(21-28)25-35/h12-19,28-30H,20-25H2,1-11H3. The van der Waals surface area contributed by atoms with E-state index < -0.39 is 33.3 Å². The van der Waals surface area contributed by atoms with Crippen LogP contribution < -0.4 is 0 Å². The molecule has 3 nitrogen and oxygen atoms in total. The van der Waals surface area contributed by atoms with Crippen molar-refractivity contribution >= 4 is 44.8 Å². The minimum atomic E-state index is -3.41. The second kappa shape index (κ2) is 10.3. The summed E-state index contributed by atoms with van der Waals surface area (Å²) in [5.41, 5.74) is 4.98. The van der Waals surface area contributed by atoms with Crippen LogP contribution in [0.5, 0.6) is 0 Å². The maximum atomic E-state index is 7.83. The van der Waals surface area contributed by atoms with Gasteiger partial charge < -0.3 is 13.0 Å². The Morgan fingerprint density at radius 3 is 1.28 bits per heavy atom. The topological polar surface area (TPSA) is 27.7 Å². The number of benzene rings is 2. The average molecular weight is 649 g/mol. The molecule has 5 aliphatic rings. The molecule has 7 rings (SSSR count). The molecular formula is C36H56O3Si4. The third kappa shape index (κ3) is 5.04. The quantitative estimate of drug-likeness (QED) is 0.267. The molecule has 7 heteroatoms. The van der Waals surface area contributed by atoms with Crippen LogP contribution in [0.15, 0.2) is 48.5 Å². The van der Waals surface area contributed by atoms with E-state index in [1.54, 1.807) is 0 Å². The molecule has 1 heterocycles. The molecule has 1 aliphatic heterocycles. The second-order valence-electron chi connectivity index (χ2n) is 17.8. The van der Waals surface area contributed by atoms with E-state index in [4.69, 9.17) is 13.0 Å². The minimum absolute atomic E-state index is 0.0291. The Hall–Kier alpha value is -1.39. The van der Waals surface area contributed by atoms with Gasteiger partial charge in [-0.25, -0.2) is 0 Å². The van der Waals surface area contributed by atoms with Crippen LogP contribution in [0.4, 0.5) is 0 Å². The van der Waals surface area contributed by atoms with Gasteiger partial charge in [-0.1, -0.05) is 98.9 Å². The summed E-state index contributed by atoms with van der Waals surface area (Å²) in [5, 5.41) is 0. The monoisotopic (exact) mass is 648 g/mol. The molecular weight excluding hydrogens is 593 g/mol. The van der Waals surface area contributed by atoms with E-state index in [9.17, 15) is 0 Å². The molecule has 0 radical (unpaired) electrons. The zero-order valence-electron chi connectivity index (χ0n) is 28.8. The summed E-state index contributed by atoms with van der Waals surface area (Å²) < 4.78 is 23.4. The fourth-order valence-corrected chi connectivity index (χ4v) is 39.5. The first kappa shape index (κ1) is 31.6. The van der Waals surface area contributed by atoms with Crippen LogP contribution in [0.1, 0.15) is 60.8 Å². The highest BCUT2D eigenvalue weighted by atomic mass is 28.5. The Kier molecular flexibility index (Phi) is 7.57. The van der Waals surface area contributed by atoms with E-state index in [1.165, 1.54) is 49.7 Å². The molecule has 43 heavy (non-hydrogen) atoms. The van der Waals surface area contributed by atoms with E-state index in [1.807, 2.05) is 0 Å². The molecule has 0 amide bonds. The van der Waals surface area contributed by atoms with Crippen molar-refractivity contribution in [1.29, 1.82) is 0 Å². The van der Waals surface area contributed by atoms with Crippen molar-refractivity contribution < 1.29 is 13.0 Å². The van der Waals surface area contributed by atoms with Gasteiger partial charge in [0, 0.05) is 11.1 Å². The minimum Gasteiger partial charge on any atom is -0.488 e. The Morgan fingerprint density at radius 1 is 0.628 bits per heavy atom. The van der Waals surface area contributed by atoms with Gasteiger partial charge in [0.25, 0.3) is 0 Å². The third-order valence-electron chi connectivity index (χ3n) is 11.3. The van der Waals surface area contributed by atoms with Crippen LogP contribution in [0.3, 0.4) is 0 Å². The molecule has 2 aromatic rings.